The number of hydrogen-bond donors (Lipinski definition) is 7. The van der Waals surface area contributed by atoms with Crippen LogP contribution in [0.5, 0.6) is 11.5 Å². The number of aromatic hydroxyl groups is 2. The summed E-state index contributed by atoms with van der Waals surface area (Å²) in [6.07, 6.45) is 6.60. The van der Waals surface area contributed by atoms with Gasteiger partial charge in [-0.1, -0.05) is 40.2 Å². The lowest BCUT2D eigenvalue weighted by atomic mass is 10.1. The van der Waals surface area contributed by atoms with Crippen LogP contribution in [0.25, 0.3) is 49.3 Å². The zero-order valence-electron chi connectivity index (χ0n) is 37.9. The van der Waals surface area contributed by atoms with Gasteiger partial charge in [-0.2, -0.15) is 0 Å². The average Bonchev–Trinajstić information content (AvgIpc) is 4.01. The van der Waals surface area contributed by atoms with Crippen molar-refractivity contribution >= 4 is 106 Å². The smallest absolute Gasteiger partial charge is 0.341 e. The second kappa shape index (κ2) is 21.4. The van der Waals surface area contributed by atoms with Crippen LogP contribution in [-0.2, 0) is 9.47 Å². The molecule has 16 nitrogen and oxygen atoms in total. The molecule has 0 aliphatic carbocycles. The van der Waals surface area contributed by atoms with Crippen molar-refractivity contribution in [3.8, 4) is 17.2 Å². The number of aromatic carboxylic acids is 2. The number of nitrogens with one attached hydrogen (secondary N) is 3. The van der Waals surface area contributed by atoms with E-state index in [-0.39, 0.29) is 41.2 Å². The highest BCUT2D eigenvalue weighted by Gasteiger charge is 2.22. The van der Waals surface area contributed by atoms with E-state index in [1.807, 2.05) is 77.6 Å². The molecular formula is C54H43BrN6O10. The zero-order valence-corrected chi connectivity index (χ0v) is 39.5. The predicted molar refractivity (Wildman–Crippen MR) is 275 cm³/mol. The van der Waals surface area contributed by atoms with Crippen LogP contribution in [-0.4, -0.2) is 77.0 Å². The van der Waals surface area contributed by atoms with E-state index in [1.165, 1.54) is 24.5 Å². The van der Waals surface area contributed by atoms with Gasteiger partial charge < -0.3 is 50.1 Å². The number of nitrogens with zero attached hydrogens (tertiary/aromatic N) is 3. The summed E-state index contributed by atoms with van der Waals surface area (Å²) in [5, 5.41) is 47.3. The van der Waals surface area contributed by atoms with Crippen LogP contribution in [0.2, 0.25) is 0 Å². The van der Waals surface area contributed by atoms with E-state index < -0.39 is 23.9 Å². The molecule has 0 amide bonds. The van der Waals surface area contributed by atoms with Gasteiger partial charge in [-0.3, -0.25) is 9.97 Å². The Hall–Kier alpha value is -9.22. The van der Waals surface area contributed by atoms with Crippen LogP contribution < -0.4 is 10.6 Å². The Morgan fingerprint density at radius 3 is 1.72 bits per heavy atom. The summed E-state index contributed by atoms with van der Waals surface area (Å²) in [7, 11) is 0. The third kappa shape index (κ3) is 10.7. The molecule has 17 heteroatoms. The normalized spacial score (nSPS) is 10.7. The SMILES string of the molecule is CCOC(=O)c1cnc2ccc(-n3ccc4cc(O)ccc43)cc2c1Nc1ccccc1C(=O)O.CCOC(=O)c1cnc2ccc(Br)cc2c1Nc1ccccc1C(=O)O.Oc1ccc2[nH]ccc2c1. The van der Waals surface area contributed by atoms with Gasteiger partial charge in [0.25, 0.3) is 0 Å². The van der Waals surface area contributed by atoms with Gasteiger partial charge in [0, 0.05) is 62.0 Å². The molecule has 0 aliphatic heterocycles. The number of pyridine rings is 2. The maximum atomic E-state index is 12.8. The zero-order chi connectivity index (χ0) is 50.2. The van der Waals surface area contributed by atoms with Crippen molar-refractivity contribution in [2.75, 3.05) is 23.8 Å². The first-order valence-corrected chi connectivity index (χ1v) is 22.7. The molecule has 0 fully saturated rings. The van der Waals surface area contributed by atoms with Crippen molar-refractivity contribution in [1.29, 1.82) is 0 Å². The standard InChI is InChI=1S/C27H21N3O5.C19H15BrN2O4.C8H7NO/c1-2-35-27(34)21-15-28-22-9-7-17(30-12-11-16-13-18(31)8-10-24(16)30)14-20(22)25(21)29-23-6-4-3-5-19(23)26(32)33;1-2-26-19(25)14-10-21-15-8-7-11(20)9-13(15)17(14)22-16-6-4-3-5-12(16)18(23)24;10-7-1-2-8-6(5-7)3-4-9-8/h3-15,31H,2H2,1H3,(H,28,29)(H,32,33);3-10H,2H2,1H3,(H,21,22)(H,23,24);1-5,9-10H. The second-order valence-corrected chi connectivity index (χ2v) is 16.4. The molecular weight excluding hydrogens is 973 g/mol. The fourth-order valence-electron chi connectivity index (χ4n) is 7.71. The van der Waals surface area contributed by atoms with Crippen molar-refractivity contribution in [2.45, 2.75) is 13.8 Å². The van der Waals surface area contributed by atoms with Crippen LogP contribution in [0, 0.1) is 0 Å². The van der Waals surface area contributed by atoms with Crippen molar-refractivity contribution < 1.29 is 49.1 Å². The van der Waals surface area contributed by atoms with Crippen LogP contribution in [0.4, 0.5) is 22.7 Å². The molecule has 10 rings (SSSR count). The minimum absolute atomic E-state index is 0.0691. The Morgan fingerprint density at radius 1 is 0.606 bits per heavy atom. The maximum Gasteiger partial charge on any atom is 0.341 e. The van der Waals surface area contributed by atoms with Crippen molar-refractivity contribution in [2.24, 2.45) is 0 Å². The number of carbonyl (C=O) groups excluding carboxylic acids is 2. The van der Waals surface area contributed by atoms with E-state index in [2.05, 4.69) is 41.5 Å². The summed E-state index contributed by atoms with van der Waals surface area (Å²) in [4.78, 5) is 60.2. The van der Waals surface area contributed by atoms with Crippen molar-refractivity contribution in [3.63, 3.8) is 0 Å². The average molecular weight is 1020 g/mol. The molecule has 6 aromatic carbocycles. The van der Waals surface area contributed by atoms with Crippen molar-refractivity contribution in [3.05, 3.63) is 185 Å². The van der Waals surface area contributed by atoms with Gasteiger partial charge in [-0.15, -0.1) is 0 Å². The first-order valence-electron chi connectivity index (χ1n) is 21.9. The van der Waals surface area contributed by atoms with Crippen LogP contribution >= 0.6 is 15.9 Å². The highest BCUT2D eigenvalue weighted by atomic mass is 79.9. The number of anilines is 4. The summed E-state index contributed by atoms with van der Waals surface area (Å²) < 4.78 is 13.1. The molecule has 0 unspecified atom stereocenters. The van der Waals surface area contributed by atoms with Crippen LogP contribution in [0.1, 0.15) is 55.3 Å². The Labute approximate surface area is 412 Å². The molecule has 4 aromatic heterocycles. The quantitative estimate of drug-likeness (QED) is 0.0597. The second-order valence-electron chi connectivity index (χ2n) is 15.5. The number of aromatic amines is 1. The number of phenolic OH excluding ortho intramolecular Hbond substituents is 2. The Balaban J connectivity index is 0.000000163. The number of fused-ring (bicyclic) bond motifs is 4. The van der Waals surface area contributed by atoms with Gasteiger partial charge in [0.2, 0.25) is 0 Å². The first kappa shape index (κ1) is 48.2. The number of carbonyl (C=O) groups is 4. The summed E-state index contributed by atoms with van der Waals surface area (Å²) in [6.45, 7) is 3.84. The molecule has 0 aliphatic rings. The van der Waals surface area contributed by atoms with E-state index in [0.717, 1.165) is 32.0 Å². The van der Waals surface area contributed by atoms with Gasteiger partial charge in [-0.05, 0) is 123 Å². The molecule has 356 valence electrons. The van der Waals surface area contributed by atoms with Gasteiger partial charge in [0.15, 0.2) is 0 Å². The number of halogens is 1. The lowest BCUT2D eigenvalue weighted by molar-refractivity contribution is 0.0517. The predicted octanol–water partition coefficient (Wildman–Crippen LogP) is 12.0. The topological polar surface area (TPSA) is 238 Å². The lowest BCUT2D eigenvalue weighted by Gasteiger charge is -2.16. The van der Waals surface area contributed by atoms with Crippen LogP contribution in [0.3, 0.4) is 0 Å². The van der Waals surface area contributed by atoms with E-state index in [1.54, 1.807) is 74.5 Å². The summed E-state index contributed by atoms with van der Waals surface area (Å²) in [5.74, 6) is -2.76. The molecule has 0 spiro atoms. The highest BCUT2D eigenvalue weighted by molar-refractivity contribution is 9.10. The molecule has 4 heterocycles. The number of esters is 2. The number of carboxylic acids is 2. The summed E-state index contributed by atoms with van der Waals surface area (Å²) >= 11 is 3.42. The molecule has 0 radical (unpaired) electrons. The summed E-state index contributed by atoms with van der Waals surface area (Å²) in [6, 6.07) is 38.3. The molecule has 71 heavy (non-hydrogen) atoms. The van der Waals surface area contributed by atoms with Crippen LogP contribution in [0.15, 0.2) is 163 Å². The minimum atomic E-state index is -1.09. The third-order valence-corrected chi connectivity index (χ3v) is 11.5. The molecule has 0 saturated heterocycles. The Kier molecular flexibility index (Phi) is 14.5. The minimum Gasteiger partial charge on any atom is -0.508 e. The number of para-hydroxylation sites is 2. The Morgan fingerprint density at radius 2 is 1.14 bits per heavy atom. The van der Waals surface area contributed by atoms with Gasteiger partial charge in [0.1, 0.15) is 22.6 Å². The van der Waals surface area contributed by atoms with E-state index in [4.69, 9.17) is 14.6 Å². The molecule has 7 N–H and O–H groups in total. The number of rotatable bonds is 11. The van der Waals surface area contributed by atoms with E-state index in [9.17, 15) is 34.5 Å². The Bertz CT molecular complexity index is 3650. The number of hydrogen-bond acceptors (Lipinski definition) is 12. The van der Waals surface area contributed by atoms with Crippen molar-refractivity contribution in [1.82, 2.24) is 19.5 Å². The molecule has 10 aromatic rings. The fourth-order valence-corrected chi connectivity index (χ4v) is 8.08. The monoisotopic (exact) mass is 1010 g/mol. The third-order valence-electron chi connectivity index (χ3n) is 11.0. The number of H-pyrrole nitrogens is 1. The molecule has 0 saturated carbocycles. The van der Waals surface area contributed by atoms with E-state index in [0.29, 0.717) is 50.3 Å². The van der Waals surface area contributed by atoms with E-state index >= 15 is 0 Å². The number of phenols is 2. The number of carboxylic acid groups (broad SMARTS) is 2. The number of aromatic nitrogens is 4. The summed E-state index contributed by atoms with van der Waals surface area (Å²) in [5.41, 5.74) is 6.18. The lowest BCUT2D eigenvalue weighted by Crippen LogP contribution is -2.11. The van der Waals surface area contributed by atoms with Gasteiger partial charge in [0.05, 0.1) is 63.6 Å². The highest BCUT2D eigenvalue weighted by Crippen LogP contribution is 2.35. The number of ether oxygens (including phenoxy) is 2. The maximum absolute atomic E-state index is 12.8. The first-order chi connectivity index (χ1) is 34.3. The number of benzene rings is 6. The van der Waals surface area contributed by atoms with Gasteiger partial charge in [-0.25, -0.2) is 19.2 Å². The largest absolute Gasteiger partial charge is 0.508 e. The molecule has 0 atom stereocenters. The fraction of sp³-hybridized carbons (Fsp3) is 0.0741. The van der Waals surface area contributed by atoms with Gasteiger partial charge >= 0.3 is 23.9 Å². The molecule has 0 bridgehead atoms.